The first-order valence-electron chi connectivity index (χ1n) is 9.62. The molecule has 0 bridgehead atoms. The van der Waals surface area contributed by atoms with Gasteiger partial charge >= 0.3 is 0 Å². The van der Waals surface area contributed by atoms with Gasteiger partial charge in [0.2, 0.25) is 0 Å². The third kappa shape index (κ3) is 3.66. The Balaban J connectivity index is 1.78. The number of anilines is 1. The van der Waals surface area contributed by atoms with E-state index in [2.05, 4.69) is 43.6 Å². The van der Waals surface area contributed by atoms with E-state index in [4.69, 9.17) is 16.4 Å². The van der Waals surface area contributed by atoms with Crippen molar-refractivity contribution < 1.29 is 4.74 Å². The summed E-state index contributed by atoms with van der Waals surface area (Å²) in [6, 6.07) is 14.2. The molecule has 1 aliphatic heterocycles. The lowest BCUT2D eigenvalue weighted by Gasteiger charge is -2.34. The fourth-order valence-electron chi connectivity index (χ4n) is 4.00. The summed E-state index contributed by atoms with van der Waals surface area (Å²) in [5.41, 5.74) is 5.73. The Labute approximate surface area is 169 Å². The van der Waals surface area contributed by atoms with Crippen LogP contribution in [0.15, 0.2) is 53.9 Å². The van der Waals surface area contributed by atoms with Crippen molar-refractivity contribution in [1.82, 2.24) is 15.4 Å². The zero-order valence-corrected chi connectivity index (χ0v) is 16.4. The second-order valence-electron chi connectivity index (χ2n) is 7.07. The van der Waals surface area contributed by atoms with Crippen molar-refractivity contribution in [2.24, 2.45) is 22.7 Å². The van der Waals surface area contributed by atoms with Crippen LogP contribution in [-0.2, 0) is 0 Å². The Morgan fingerprint density at radius 1 is 1.21 bits per heavy atom. The van der Waals surface area contributed by atoms with Crippen molar-refractivity contribution in [3.63, 3.8) is 0 Å². The standard InChI is InChI=1S/C21H25N7O/c1-29-16-9-7-14(8-10-16)17-5-2-6-18-19(17)21(25-13-24-18)28-11-3-4-15(12-28)20(26-22)27-23/h2,5-10,13,15H,3-4,11-12,22-23H2,1H3,(H,26,27). The Morgan fingerprint density at radius 2 is 2.03 bits per heavy atom. The van der Waals surface area contributed by atoms with Crippen LogP contribution in [0.1, 0.15) is 12.8 Å². The van der Waals surface area contributed by atoms with Crippen molar-refractivity contribution in [2.45, 2.75) is 12.8 Å². The Kier molecular flexibility index (Phi) is 5.44. The van der Waals surface area contributed by atoms with Gasteiger partial charge in [-0.15, -0.1) is 0 Å². The topological polar surface area (TPSA) is 115 Å². The van der Waals surface area contributed by atoms with Crippen molar-refractivity contribution >= 4 is 22.6 Å². The smallest absolute Gasteiger partial charge is 0.140 e. The second kappa shape index (κ2) is 8.32. The van der Waals surface area contributed by atoms with Crippen LogP contribution in [0.25, 0.3) is 22.0 Å². The number of nitrogens with zero attached hydrogens (tertiary/aromatic N) is 4. The third-order valence-corrected chi connectivity index (χ3v) is 5.44. The quantitative estimate of drug-likeness (QED) is 0.270. The minimum Gasteiger partial charge on any atom is -0.497 e. The first-order chi connectivity index (χ1) is 14.2. The fourth-order valence-corrected chi connectivity index (χ4v) is 4.00. The van der Waals surface area contributed by atoms with Crippen molar-refractivity contribution in [3.05, 3.63) is 48.8 Å². The number of benzene rings is 2. The predicted octanol–water partition coefficient (Wildman–Crippen LogP) is 2.26. The average molecular weight is 391 g/mol. The molecule has 8 heteroatoms. The highest BCUT2D eigenvalue weighted by Crippen LogP contribution is 2.35. The van der Waals surface area contributed by atoms with Gasteiger partial charge in [0.25, 0.3) is 0 Å². The second-order valence-corrected chi connectivity index (χ2v) is 7.07. The molecule has 1 aliphatic rings. The summed E-state index contributed by atoms with van der Waals surface area (Å²) in [5, 5.41) is 4.85. The van der Waals surface area contributed by atoms with Crippen LogP contribution in [0.5, 0.6) is 5.75 Å². The Morgan fingerprint density at radius 3 is 2.76 bits per heavy atom. The number of nitrogens with one attached hydrogen (secondary N) is 1. The number of nitrogens with two attached hydrogens (primary N) is 2. The van der Waals surface area contributed by atoms with E-state index >= 15 is 0 Å². The van der Waals surface area contributed by atoms with Crippen LogP contribution >= 0.6 is 0 Å². The molecule has 29 heavy (non-hydrogen) atoms. The zero-order chi connectivity index (χ0) is 20.2. The van der Waals surface area contributed by atoms with Gasteiger partial charge < -0.3 is 20.9 Å². The summed E-state index contributed by atoms with van der Waals surface area (Å²) in [7, 11) is 1.67. The maximum atomic E-state index is 5.60. The number of piperidine rings is 1. The minimum absolute atomic E-state index is 0.136. The van der Waals surface area contributed by atoms with Crippen LogP contribution in [0.2, 0.25) is 0 Å². The Bertz CT molecular complexity index is 1010. The maximum absolute atomic E-state index is 5.60. The maximum Gasteiger partial charge on any atom is 0.140 e. The molecule has 2 heterocycles. The van der Waals surface area contributed by atoms with Crippen molar-refractivity contribution in [2.75, 3.05) is 25.1 Å². The lowest BCUT2D eigenvalue weighted by atomic mass is 9.95. The summed E-state index contributed by atoms with van der Waals surface area (Å²) in [6.45, 7) is 1.64. The van der Waals surface area contributed by atoms with E-state index in [0.717, 1.165) is 59.5 Å². The molecule has 0 saturated carbocycles. The van der Waals surface area contributed by atoms with E-state index < -0.39 is 0 Å². The van der Waals surface area contributed by atoms with Gasteiger partial charge in [-0.1, -0.05) is 24.3 Å². The molecule has 1 fully saturated rings. The van der Waals surface area contributed by atoms with Gasteiger partial charge in [0.1, 0.15) is 23.7 Å². The van der Waals surface area contributed by atoms with E-state index in [1.54, 1.807) is 13.4 Å². The lowest BCUT2D eigenvalue weighted by Crippen LogP contribution is -2.46. The lowest BCUT2D eigenvalue weighted by molar-refractivity contribution is 0.415. The van der Waals surface area contributed by atoms with Crippen LogP contribution in [0.4, 0.5) is 5.82 Å². The van der Waals surface area contributed by atoms with Gasteiger partial charge in [-0.25, -0.2) is 15.8 Å². The first kappa shape index (κ1) is 18.9. The molecule has 8 nitrogen and oxygen atoms in total. The molecule has 150 valence electrons. The molecule has 4 rings (SSSR count). The molecule has 1 atom stereocenters. The summed E-state index contributed by atoms with van der Waals surface area (Å²) in [5.74, 6) is 13.6. The minimum atomic E-state index is 0.136. The fraction of sp³-hybridized carbons (Fsp3) is 0.286. The van der Waals surface area contributed by atoms with Crippen molar-refractivity contribution in [1.29, 1.82) is 0 Å². The molecule has 2 aromatic carbocycles. The summed E-state index contributed by atoms with van der Waals surface area (Å²) >= 11 is 0. The Hall–Kier alpha value is -3.39. The van der Waals surface area contributed by atoms with E-state index in [1.807, 2.05) is 24.3 Å². The summed E-state index contributed by atoms with van der Waals surface area (Å²) in [4.78, 5) is 11.4. The van der Waals surface area contributed by atoms with Gasteiger partial charge in [-0.05, 0) is 42.2 Å². The van der Waals surface area contributed by atoms with Crippen LogP contribution < -0.4 is 26.7 Å². The number of aromatic nitrogens is 2. The van der Waals surface area contributed by atoms with E-state index in [0.29, 0.717) is 5.84 Å². The van der Waals surface area contributed by atoms with E-state index in [-0.39, 0.29) is 5.92 Å². The highest BCUT2D eigenvalue weighted by Gasteiger charge is 2.26. The molecule has 0 amide bonds. The molecule has 3 aromatic rings. The number of hydrogen-bond acceptors (Lipinski definition) is 7. The number of hydrogen-bond donors (Lipinski definition) is 3. The molecule has 1 aromatic heterocycles. The normalized spacial score (nSPS) is 17.4. The molecular weight excluding hydrogens is 366 g/mol. The summed E-state index contributed by atoms with van der Waals surface area (Å²) in [6.07, 6.45) is 3.60. The van der Waals surface area contributed by atoms with Gasteiger partial charge in [0.05, 0.1) is 18.0 Å². The van der Waals surface area contributed by atoms with Crippen molar-refractivity contribution in [3.8, 4) is 16.9 Å². The number of methoxy groups -OCH3 is 1. The molecule has 5 N–H and O–H groups in total. The van der Waals surface area contributed by atoms with Crippen LogP contribution in [0, 0.1) is 5.92 Å². The molecule has 1 unspecified atom stereocenters. The molecule has 0 spiro atoms. The van der Waals surface area contributed by atoms with Gasteiger partial charge in [-0.3, -0.25) is 0 Å². The zero-order valence-electron chi connectivity index (χ0n) is 16.4. The van der Waals surface area contributed by atoms with E-state index in [1.165, 1.54) is 0 Å². The average Bonchev–Trinajstić information content (AvgIpc) is 2.79. The van der Waals surface area contributed by atoms with Crippen LogP contribution in [0.3, 0.4) is 0 Å². The highest BCUT2D eigenvalue weighted by atomic mass is 16.5. The third-order valence-electron chi connectivity index (χ3n) is 5.44. The number of ether oxygens (including phenoxy) is 1. The highest BCUT2D eigenvalue weighted by molar-refractivity contribution is 6.02. The molecule has 0 aliphatic carbocycles. The summed E-state index contributed by atoms with van der Waals surface area (Å²) < 4.78 is 5.30. The number of hydrazine groups is 1. The van der Waals surface area contributed by atoms with Gasteiger partial charge in [-0.2, -0.15) is 5.10 Å². The number of amidine groups is 1. The predicted molar refractivity (Wildman–Crippen MR) is 115 cm³/mol. The largest absolute Gasteiger partial charge is 0.497 e. The van der Waals surface area contributed by atoms with Gasteiger partial charge in [0, 0.05) is 19.0 Å². The number of rotatable bonds is 4. The molecular formula is C21H25N7O. The van der Waals surface area contributed by atoms with Crippen LogP contribution in [-0.4, -0.2) is 36.0 Å². The molecule has 0 radical (unpaired) electrons. The molecule has 1 saturated heterocycles. The number of hydrazone groups is 1. The number of fused-ring (bicyclic) bond motifs is 1. The first-order valence-corrected chi connectivity index (χ1v) is 9.62. The monoisotopic (exact) mass is 391 g/mol. The van der Waals surface area contributed by atoms with Gasteiger partial charge in [0.15, 0.2) is 0 Å². The van der Waals surface area contributed by atoms with E-state index in [9.17, 15) is 0 Å². The SMILES string of the molecule is COc1ccc(-c2cccc3ncnc(N4CCCC(/C(=N/N)NN)C4)c23)cc1.